The standard InChI is InChI=1S/C27H30N2O2/c1-26(2)15-19-21(17-29-13-9-6-10-14-29)24(30)25-20(16-27(3,4)31-25)22(19)23(28-26)18-11-7-5-8-12-18/h5-13,30H,14-17H2,1-4H3. The lowest BCUT2D eigenvalue weighted by Gasteiger charge is -2.34. The number of hydrogen-bond acceptors (Lipinski definition) is 4. The summed E-state index contributed by atoms with van der Waals surface area (Å²) in [7, 11) is 0. The van der Waals surface area contributed by atoms with Crippen LogP contribution in [-0.4, -0.2) is 33.4 Å². The van der Waals surface area contributed by atoms with E-state index in [0.717, 1.165) is 47.4 Å². The van der Waals surface area contributed by atoms with Gasteiger partial charge < -0.3 is 14.7 Å². The van der Waals surface area contributed by atoms with Crippen LogP contribution in [0.25, 0.3) is 0 Å². The first kappa shape index (κ1) is 19.9. The Morgan fingerprint density at radius 1 is 1.03 bits per heavy atom. The van der Waals surface area contributed by atoms with Gasteiger partial charge in [-0.3, -0.25) is 4.99 Å². The highest BCUT2D eigenvalue weighted by molar-refractivity contribution is 6.16. The molecule has 5 rings (SSSR count). The van der Waals surface area contributed by atoms with E-state index in [1.54, 1.807) is 0 Å². The van der Waals surface area contributed by atoms with Crippen LogP contribution in [0.15, 0.2) is 59.8 Å². The topological polar surface area (TPSA) is 45.1 Å². The van der Waals surface area contributed by atoms with Crippen molar-refractivity contribution in [2.45, 2.75) is 58.2 Å². The molecule has 0 bridgehead atoms. The molecular formula is C27H30N2O2. The van der Waals surface area contributed by atoms with E-state index in [0.29, 0.717) is 18.0 Å². The van der Waals surface area contributed by atoms with E-state index in [-0.39, 0.29) is 11.1 Å². The maximum absolute atomic E-state index is 11.4. The number of ether oxygens (including phenoxy) is 1. The Morgan fingerprint density at radius 3 is 2.52 bits per heavy atom. The second kappa shape index (κ2) is 7.01. The molecule has 31 heavy (non-hydrogen) atoms. The van der Waals surface area contributed by atoms with E-state index in [1.165, 1.54) is 5.56 Å². The van der Waals surface area contributed by atoms with Crippen molar-refractivity contribution in [3.05, 3.63) is 82.6 Å². The Labute approximate surface area is 184 Å². The van der Waals surface area contributed by atoms with Crippen molar-refractivity contribution in [2.75, 3.05) is 6.54 Å². The van der Waals surface area contributed by atoms with Gasteiger partial charge in [0.25, 0.3) is 0 Å². The van der Waals surface area contributed by atoms with Crippen molar-refractivity contribution < 1.29 is 9.84 Å². The molecule has 4 heteroatoms. The molecule has 4 nitrogen and oxygen atoms in total. The van der Waals surface area contributed by atoms with Gasteiger partial charge in [0.2, 0.25) is 0 Å². The first-order chi connectivity index (χ1) is 14.7. The van der Waals surface area contributed by atoms with Gasteiger partial charge in [0.05, 0.1) is 11.3 Å². The molecule has 0 fully saturated rings. The fourth-order valence-electron chi connectivity index (χ4n) is 5.00. The molecule has 1 N–H and O–H groups in total. The second-order valence-corrected chi connectivity index (χ2v) is 10.0. The van der Waals surface area contributed by atoms with Crippen molar-refractivity contribution in [1.82, 2.24) is 4.90 Å². The van der Waals surface area contributed by atoms with E-state index in [2.05, 4.69) is 75.2 Å². The zero-order valence-electron chi connectivity index (χ0n) is 18.8. The van der Waals surface area contributed by atoms with Crippen LogP contribution in [0.2, 0.25) is 0 Å². The number of allylic oxidation sites excluding steroid dienone is 2. The summed E-state index contributed by atoms with van der Waals surface area (Å²) in [5, 5.41) is 11.4. The van der Waals surface area contributed by atoms with Gasteiger partial charge in [-0.2, -0.15) is 0 Å². The predicted octanol–water partition coefficient (Wildman–Crippen LogP) is 5.16. The molecule has 3 aliphatic rings. The minimum Gasteiger partial charge on any atom is -0.504 e. The van der Waals surface area contributed by atoms with Crippen molar-refractivity contribution in [2.24, 2.45) is 4.99 Å². The number of benzene rings is 2. The molecule has 0 amide bonds. The minimum atomic E-state index is -0.352. The average molecular weight is 415 g/mol. The average Bonchev–Trinajstić information content (AvgIpc) is 3.06. The minimum absolute atomic E-state index is 0.250. The van der Waals surface area contributed by atoms with Gasteiger partial charge >= 0.3 is 0 Å². The lowest BCUT2D eigenvalue weighted by atomic mass is 9.78. The molecule has 2 aromatic carbocycles. The van der Waals surface area contributed by atoms with Gasteiger partial charge in [0.15, 0.2) is 11.5 Å². The quantitative estimate of drug-likeness (QED) is 0.754. The Balaban J connectivity index is 1.75. The summed E-state index contributed by atoms with van der Waals surface area (Å²) in [5.41, 5.74) is 5.95. The highest BCUT2D eigenvalue weighted by atomic mass is 16.5. The van der Waals surface area contributed by atoms with Crippen LogP contribution in [0.1, 0.15) is 55.5 Å². The highest BCUT2D eigenvalue weighted by Gasteiger charge is 2.41. The summed E-state index contributed by atoms with van der Waals surface area (Å²) in [6.07, 6.45) is 9.88. The number of aliphatic imine (C=N–C) groups is 1. The predicted molar refractivity (Wildman–Crippen MR) is 125 cm³/mol. The zero-order valence-corrected chi connectivity index (χ0v) is 18.8. The molecule has 0 spiro atoms. The van der Waals surface area contributed by atoms with Gasteiger partial charge in [-0.05, 0) is 52.0 Å². The van der Waals surface area contributed by atoms with Gasteiger partial charge in [0, 0.05) is 41.8 Å². The van der Waals surface area contributed by atoms with Crippen LogP contribution in [0.4, 0.5) is 0 Å². The van der Waals surface area contributed by atoms with Crippen LogP contribution in [0.3, 0.4) is 0 Å². The maximum Gasteiger partial charge on any atom is 0.166 e. The number of phenols is 1. The summed E-state index contributed by atoms with van der Waals surface area (Å²) >= 11 is 0. The first-order valence-corrected chi connectivity index (χ1v) is 11.1. The van der Waals surface area contributed by atoms with Gasteiger partial charge in [-0.25, -0.2) is 0 Å². The van der Waals surface area contributed by atoms with Crippen molar-refractivity contribution in [3.8, 4) is 11.5 Å². The number of rotatable bonds is 3. The Kier molecular flexibility index (Phi) is 4.51. The van der Waals surface area contributed by atoms with Gasteiger partial charge in [-0.1, -0.05) is 42.5 Å². The third kappa shape index (κ3) is 3.54. The SMILES string of the molecule is CC1(C)Cc2c(CN3C=CC=CC3)c(O)c3c(c2C(c2ccccc2)=N1)CC(C)(C)O3. The molecule has 0 saturated heterocycles. The highest BCUT2D eigenvalue weighted by Crippen LogP contribution is 2.50. The van der Waals surface area contributed by atoms with E-state index >= 15 is 0 Å². The third-order valence-corrected chi connectivity index (χ3v) is 6.28. The van der Waals surface area contributed by atoms with E-state index in [1.807, 2.05) is 12.1 Å². The van der Waals surface area contributed by atoms with Crippen LogP contribution < -0.4 is 4.74 Å². The number of nitrogens with zero attached hydrogens (tertiary/aromatic N) is 2. The molecule has 0 aromatic heterocycles. The van der Waals surface area contributed by atoms with Gasteiger partial charge in [-0.15, -0.1) is 0 Å². The molecule has 3 heterocycles. The van der Waals surface area contributed by atoms with Crippen LogP contribution in [-0.2, 0) is 19.4 Å². The largest absolute Gasteiger partial charge is 0.504 e. The van der Waals surface area contributed by atoms with E-state index < -0.39 is 0 Å². The van der Waals surface area contributed by atoms with Crippen molar-refractivity contribution >= 4 is 5.71 Å². The molecule has 160 valence electrons. The smallest absolute Gasteiger partial charge is 0.166 e. The summed E-state index contributed by atoms with van der Waals surface area (Å²) in [6, 6.07) is 10.4. The number of fused-ring (bicyclic) bond motifs is 3. The fourth-order valence-corrected chi connectivity index (χ4v) is 5.00. The second-order valence-electron chi connectivity index (χ2n) is 10.0. The van der Waals surface area contributed by atoms with Gasteiger partial charge in [0.1, 0.15) is 5.60 Å². The normalized spacial score (nSPS) is 20.1. The molecule has 0 aliphatic carbocycles. The van der Waals surface area contributed by atoms with E-state index in [9.17, 15) is 5.11 Å². The lowest BCUT2D eigenvalue weighted by Crippen LogP contribution is -2.32. The molecule has 2 aromatic rings. The molecular weight excluding hydrogens is 384 g/mol. The first-order valence-electron chi connectivity index (χ1n) is 11.1. The maximum atomic E-state index is 11.4. The number of aromatic hydroxyl groups is 1. The van der Waals surface area contributed by atoms with Crippen molar-refractivity contribution in [3.63, 3.8) is 0 Å². The van der Waals surface area contributed by atoms with Crippen LogP contribution in [0, 0.1) is 0 Å². The van der Waals surface area contributed by atoms with Crippen molar-refractivity contribution in [1.29, 1.82) is 0 Å². The Bertz CT molecular complexity index is 1120. The summed E-state index contributed by atoms with van der Waals surface area (Å²) < 4.78 is 6.30. The monoisotopic (exact) mass is 414 g/mol. The van der Waals surface area contributed by atoms with Crippen LogP contribution in [0.5, 0.6) is 11.5 Å². The number of phenolic OH excluding ortho intramolecular Hbond substituents is 1. The summed E-state index contributed by atoms with van der Waals surface area (Å²) in [5.74, 6) is 0.936. The Hall–Kier alpha value is -3.01. The fraction of sp³-hybridized carbons (Fsp3) is 0.370. The lowest BCUT2D eigenvalue weighted by molar-refractivity contribution is 0.134. The zero-order chi connectivity index (χ0) is 21.8. The van der Waals surface area contributed by atoms with E-state index in [4.69, 9.17) is 9.73 Å². The molecule has 3 aliphatic heterocycles. The third-order valence-electron chi connectivity index (χ3n) is 6.28. The molecule has 0 atom stereocenters. The summed E-state index contributed by atoms with van der Waals surface area (Å²) in [4.78, 5) is 7.43. The number of hydrogen-bond donors (Lipinski definition) is 1. The molecule has 0 unspecified atom stereocenters. The summed E-state index contributed by atoms with van der Waals surface area (Å²) in [6.45, 7) is 10.0. The molecule has 0 radical (unpaired) electrons. The van der Waals surface area contributed by atoms with Crippen LogP contribution >= 0.6 is 0 Å². The Morgan fingerprint density at radius 2 is 1.81 bits per heavy atom. The molecule has 0 saturated carbocycles.